The van der Waals surface area contributed by atoms with Gasteiger partial charge in [0, 0.05) is 11.5 Å². The highest BCUT2D eigenvalue weighted by Crippen LogP contribution is 2.27. The van der Waals surface area contributed by atoms with E-state index in [-0.39, 0.29) is 23.2 Å². The first-order chi connectivity index (χ1) is 8.50. The van der Waals surface area contributed by atoms with Crippen LogP contribution in [0.25, 0.3) is 0 Å². The van der Waals surface area contributed by atoms with Crippen molar-refractivity contribution in [3.63, 3.8) is 0 Å². The molecule has 0 atom stereocenters. The second-order valence-electron chi connectivity index (χ2n) is 5.77. The molecule has 1 fully saturated rings. The maximum Gasteiger partial charge on any atom is 0.291 e. The van der Waals surface area contributed by atoms with Gasteiger partial charge in [-0.3, -0.25) is 9.89 Å². The lowest BCUT2D eigenvalue weighted by Crippen LogP contribution is -2.47. The van der Waals surface area contributed by atoms with Crippen LogP contribution in [0.4, 0.5) is 0 Å². The molecule has 5 heteroatoms. The molecule has 100 valence electrons. The minimum Gasteiger partial charge on any atom is -0.344 e. The summed E-state index contributed by atoms with van der Waals surface area (Å²) in [5, 5.41) is 9.88. The van der Waals surface area contributed by atoms with Gasteiger partial charge in [-0.1, -0.05) is 33.1 Å². The van der Waals surface area contributed by atoms with E-state index in [4.69, 9.17) is 0 Å². The lowest BCUT2D eigenvalue weighted by Gasteiger charge is -2.34. The molecule has 0 bridgehead atoms. The fraction of sp³-hybridized carbons (Fsp3) is 0.769. The van der Waals surface area contributed by atoms with Crippen LogP contribution in [0.15, 0.2) is 0 Å². The smallest absolute Gasteiger partial charge is 0.291 e. The molecule has 2 rings (SSSR count). The summed E-state index contributed by atoms with van der Waals surface area (Å²) in [6, 6.07) is 0. The van der Waals surface area contributed by atoms with Crippen LogP contribution < -0.4 is 5.32 Å². The number of hydrogen-bond acceptors (Lipinski definition) is 3. The first kappa shape index (κ1) is 13.1. The molecule has 1 heterocycles. The molecule has 0 saturated heterocycles. The van der Waals surface area contributed by atoms with Gasteiger partial charge in [-0.2, -0.15) is 0 Å². The Kier molecular flexibility index (Phi) is 3.68. The Morgan fingerprint density at radius 1 is 1.33 bits per heavy atom. The zero-order chi connectivity index (χ0) is 13.2. The summed E-state index contributed by atoms with van der Waals surface area (Å²) >= 11 is 0. The molecule has 5 nitrogen and oxygen atoms in total. The largest absolute Gasteiger partial charge is 0.344 e. The van der Waals surface area contributed by atoms with E-state index in [0.29, 0.717) is 0 Å². The number of amides is 1. The highest BCUT2D eigenvalue weighted by molar-refractivity contribution is 5.90. The van der Waals surface area contributed by atoms with Crippen LogP contribution in [-0.2, 0) is 0 Å². The lowest BCUT2D eigenvalue weighted by atomic mass is 9.83. The second kappa shape index (κ2) is 5.08. The zero-order valence-electron chi connectivity index (χ0n) is 11.4. The summed E-state index contributed by atoms with van der Waals surface area (Å²) in [6.07, 6.45) is 5.72. The van der Waals surface area contributed by atoms with Gasteiger partial charge in [0.25, 0.3) is 5.91 Å². The molecule has 1 aromatic heterocycles. The minimum absolute atomic E-state index is 0.0893. The number of carbonyl (C=O) groups excluding carboxylic acids is 1. The molecule has 1 aromatic rings. The molecule has 18 heavy (non-hydrogen) atoms. The van der Waals surface area contributed by atoms with Crippen LogP contribution in [-0.4, -0.2) is 26.6 Å². The van der Waals surface area contributed by atoms with Crippen molar-refractivity contribution in [3.8, 4) is 0 Å². The summed E-state index contributed by atoms with van der Waals surface area (Å²) in [5.74, 6) is 1.10. The molecule has 1 amide bonds. The Morgan fingerprint density at radius 2 is 2.00 bits per heavy atom. The fourth-order valence-electron chi connectivity index (χ4n) is 2.42. The van der Waals surface area contributed by atoms with Crippen LogP contribution in [0, 0.1) is 0 Å². The number of hydrogen-bond donors (Lipinski definition) is 2. The Hall–Kier alpha value is -1.39. The average Bonchev–Trinajstić information content (AvgIpc) is 2.78. The van der Waals surface area contributed by atoms with Crippen molar-refractivity contribution < 1.29 is 4.79 Å². The molecule has 0 unspecified atom stereocenters. The number of rotatable bonds is 3. The highest BCUT2D eigenvalue weighted by atomic mass is 16.2. The van der Waals surface area contributed by atoms with Gasteiger partial charge < -0.3 is 5.32 Å². The van der Waals surface area contributed by atoms with E-state index < -0.39 is 0 Å². The van der Waals surface area contributed by atoms with Gasteiger partial charge in [-0.15, -0.1) is 5.10 Å². The maximum atomic E-state index is 12.1. The van der Waals surface area contributed by atoms with Gasteiger partial charge in [0.05, 0.1) is 0 Å². The van der Waals surface area contributed by atoms with E-state index >= 15 is 0 Å². The Balaban J connectivity index is 2.02. The van der Waals surface area contributed by atoms with E-state index in [0.717, 1.165) is 18.7 Å². The van der Waals surface area contributed by atoms with Crippen LogP contribution in [0.5, 0.6) is 0 Å². The monoisotopic (exact) mass is 250 g/mol. The van der Waals surface area contributed by atoms with Crippen molar-refractivity contribution in [2.75, 3.05) is 0 Å². The summed E-state index contributed by atoms with van der Waals surface area (Å²) < 4.78 is 0. The molecule has 1 aliphatic rings. The van der Waals surface area contributed by atoms with Crippen LogP contribution in [0.2, 0.25) is 0 Å². The van der Waals surface area contributed by atoms with Gasteiger partial charge in [0.1, 0.15) is 5.82 Å². The van der Waals surface area contributed by atoms with Crippen molar-refractivity contribution in [1.82, 2.24) is 20.5 Å². The first-order valence-electron chi connectivity index (χ1n) is 6.75. The maximum absolute atomic E-state index is 12.1. The van der Waals surface area contributed by atoms with Crippen molar-refractivity contribution >= 4 is 5.91 Å². The molecule has 0 aliphatic heterocycles. The summed E-state index contributed by atoms with van der Waals surface area (Å²) in [5.41, 5.74) is -0.0893. The lowest BCUT2D eigenvalue weighted by molar-refractivity contribution is 0.0872. The van der Waals surface area contributed by atoms with E-state index in [9.17, 15) is 4.79 Å². The topological polar surface area (TPSA) is 70.7 Å². The highest BCUT2D eigenvalue weighted by Gasteiger charge is 2.29. The summed E-state index contributed by atoms with van der Waals surface area (Å²) in [4.78, 5) is 16.3. The van der Waals surface area contributed by atoms with E-state index in [1.807, 2.05) is 13.8 Å². The van der Waals surface area contributed by atoms with Gasteiger partial charge in [0.15, 0.2) is 0 Å². The number of aromatic nitrogens is 3. The van der Waals surface area contributed by atoms with Crippen LogP contribution >= 0.6 is 0 Å². The molecule has 0 spiro atoms. The standard InChI is InChI=1S/C13H22N4O/c1-9(2)10-14-11(17-16-10)12(18)15-13(3)7-5-4-6-8-13/h9H,4-8H2,1-3H3,(H,15,18)(H,14,16,17). The van der Waals surface area contributed by atoms with Gasteiger partial charge in [-0.05, 0) is 19.8 Å². The molecular weight excluding hydrogens is 228 g/mol. The molecule has 0 radical (unpaired) electrons. The van der Waals surface area contributed by atoms with Crippen LogP contribution in [0.1, 0.15) is 75.2 Å². The van der Waals surface area contributed by atoms with Crippen molar-refractivity contribution in [1.29, 1.82) is 0 Å². The molecule has 2 N–H and O–H groups in total. The third-order valence-electron chi connectivity index (χ3n) is 3.63. The van der Waals surface area contributed by atoms with E-state index in [2.05, 4.69) is 27.4 Å². The molecule has 0 aromatic carbocycles. The van der Waals surface area contributed by atoms with Crippen LogP contribution in [0.3, 0.4) is 0 Å². The second-order valence-corrected chi connectivity index (χ2v) is 5.77. The number of aromatic amines is 1. The number of nitrogens with one attached hydrogen (secondary N) is 2. The summed E-state index contributed by atoms with van der Waals surface area (Å²) in [6.45, 7) is 6.15. The zero-order valence-corrected chi connectivity index (χ0v) is 11.4. The minimum atomic E-state index is -0.164. The third kappa shape index (κ3) is 2.89. The number of nitrogens with zero attached hydrogens (tertiary/aromatic N) is 2. The van der Waals surface area contributed by atoms with Crippen molar-refractivity contribution in [2.45, 2.75) is 64.3 Å². The number of H-pyrrole nitrogens is 1. The Labute approximate surface area is 108 Å². The molecule has 1 saturated carbocycles. The van der Waals surface area contributed by atoms with Gasteiger partial charge in [0.2, 0.25) is 5.82 Å². The molecular formula is C13H22N4O. The summed E-state index contributed by atoms with van der Waals surface area (Å²) in [7, 11) is 0. The predicted molar refractivity (Wildman–Crippen MR) is 69.4 cm³/mol. The first-order valence-corrected chi connectivity index (χ1v) is 6.75. The predicted octanol–water partition coefficient (Wildman–Crippen LogP) is 2.38. The average molecular weight is 250 g/mol. The molecule has 1 aliphatic carbocycles. The normalized spacial score (nSPS) is 18.9. The van der Waals surface area contributed by atoms with Gasteiger partial charge in [-0.25, -0.2) is 4.98 Å². The van der Waals surface area contributed by atoms with Crippen molar-refractivity contribution in [2.24, 2.45) is 0 Å². The fourth-order valence-corrected chi connectivity index (χ4v) is 2.42. The Bertz CT molecular complexity index is 418. The third-order valence-corrected chi connectivity index (χ3v) is 3.63. The van der Waals surface area contributed by atoms with E-state index in [1.165, 1.54) is 19.3 Å². The number of carbonyl (C=O) groups is 1. The quantitative estimate of drug-likeness (QED) is 0.865. The Morgan fingerprint density at radius 3 is 2.56 bits per heavy atom. The van der Waals surface area contributed by atoms with Crippen molar-refractivity contribution in [3.05, 3.63) is 11.6 Å². The van der Waals surface area contributed by atoms with Gasteiger partial charge >= 0.3 is 0 Å². The SMILES string of the molecule is CC(C)c1nc(C(=O)NC2(C)CCCCC2)n[nH]1. The van der Waals surface area contributed by atoms with E-state index in [1.54, 1.807) is 0 Å².